The Labute approximate surface area is 222 Å². The number of nitrogens with zero attached hydrogens (tertiary/aromatic N) is 3. The van der Waals surface area contributed by atoms with Crippen LogP contribution in [0.2, 0.25) is 0 Å². The summed E-state index contributed by atoms with van der Waals surface area (Å²) in [6.45, 7) is 2.86. The van der Waals surface area contributed by atoms with E-state index in [0.717, 1.165) is 10.7 Å². The number of anilines is 2. The monoisotopic (exact) mass is 543 g/mol. The lowest BCUT2D eigenvalue weighted by Gasteiger charge is -2.22. The van der Waals surface area contributed by atoms with Gasteiger partial charge in [-0.3, -0.25) is 9.59 Å². The van der Waals surface area contributed by atoms with Crippen molar-refractivity contribution in [3.8, 4) is 28.4 Å². The van der Waals surface area contributed by atoms with E-state index in [1.54, 1.807) is 18.2 Å². The Hall–Kier alpha value is -4.22. The van der Waals surface area contributed by atoms with Crippen molar-refractivity contribution >= 4 is 17.3 Å². The maximum atomic E-state index is 14.2. The molecule has 9 nitrogen and oxygen atoms in total. The number of hydrogen-bond acceptors (Lipinski definition) is 7. The summed E-state index contributed by atoms with van der Waals surface area (Å²) in [4.78, 5) is 26.9. The van der Waals surface area contributed by atoms with Crippen LogP contribution >= 0.6 is 0 Å². The fourth-order valence-electron chi connectivity index (χ4n) is 5.17. The smallest absolute Gasteiger partial charge is 0.418 e. The molecule has 3 heterocycles. The molecule has 1 amide bonds. The molecule has 0 aliphatic carbocycles. The van der Waals surface area contributed by atoms with E-state index < -0.39 is 17.3 Å². The minimum absolute atomic E-state index is 0.118. The van der Waals surface area contributed by atoms with E-state index in [4.69, 9.17) is 9.47 Å². The van der Waals surface area contributed by atoms with E-state index >= 15 is 0 Å². The van der Waals surface area contributed by atoms with Gasteiger partial charge in [-0.05, 0) is 43.2 Å². The second kappa shape index (κ2) is 10.2. The number of rotatable bonds is 6. The summed E-state index contributed by atoms with van der Waals surface area (Å²) in [7, 11) is 2.99. The lowest BCUT2D eigenvalue weighted by molar-refractivity contribution is -0.137. The van der Waals surface area contributed by atoms with Crippen molar-refractivity contribution in [2.45, 2.75) is 32.0 Å². The topological polar surface area (TPSA) is 97.7 Å². The number of ether oxygens (including phenoxy) is 2. The molecular formula is C27H28F3N5O4. The third-order valence-electron chi connectivity index (χ3n) is 6.97. The van der Waals surface area contributed by atoms with Gasteiger partial charge in [-0.2, -0.15) is 23.0 Å². The Morgan fingerprint density at radius 3 is 2.49 bits per heavy atom. The molecular weight excluding hydrogens is 515 g/mol. The van der Waals surface area contributed by atoms with Crippen LogP contribution < -0.4 is 30.6 Å². The zero-order valence-electron chi connectivity index (χ0n) is 21.7. The van der Waals surface area contributed by atoms with Gasteiger partial charge < -0.3 is 25.0 Å². The normalized spacial score (nSPS) is 16.6. The summed E-state index contributed by atoms with van der Waals surface area (Å²) in [5.74, 6) is 0.784. The highest BCUT2D eigenvalue weighted by Crippen LogP contribution is 2.38. The first kappa shape index (κ1) is 26.4. The minimum Gasteiger partial charge on any atom is -0.497 e. The van der Waals surface area contributed by atoms with Crippen LogP contribution in [0.4, 0.5) is 24.5 Å². The standard InChI is InChI=1S/C27H28F3N5O4/c1-15(36)32-17-7-9-34(14-17)18-4-5-22(27(28,29)30)23(12-18)35-26(37)25-21(6-8-31-25)24(33-35)16-10-19(38-2)13-20(11-16)39-3/h4-5,10-13,17,31H,6-9,14H2,1-3H3,(H,32,36)/t17-/m1/s1. The molecule has 1 saturated heterocycles. The fraction of sp³-hybridized carbons (Fsp3) is 0.370. The van der Waals surface area contributed by atoms with E-state index in [2.05, 4.69) is 15.7 Å². The highest BCUT2D eigenvalue weighted by atomic mass is 19.4. The quantitative estimate of drug-likeness (QED) is 0.490. The summed E-state index contributed by atoms with van der Waals surface area (Å²) >= 11 is 0. The van der Waals surface area contributed by atoms with Crippen molar-refractivity contribution in [1.82, 2.24) is 15.1 Å². The maximum absolute atomic E-state index is 14.2. The Morgan fingerprint density at radius 1 is 1.13 bits per heavy atom. The molecule has 0 unspecified atom stereocenters. The Morgan fingerprint density at radius 2 is 1.85 bits per heavy atom. The van der Waals surface area contributed by atoms with Crippen molar-refractivity contribution in [1.29, 1.82) is 0 Å². The van der Waals surface area contributed by atoms with Crippen LogP contribution in [0, 0.1) is 0 Å². The second-order valence-electron chi connectivity index (χ2n) is 9.53. The predicted octanol–water partition coefficient (Wildman–Crippen LogP) is 3.62. The number of aromatic nitrogens is 2. The number of methoxy groups -OCH3 is 2. The van der Waals surface area contributed by atoms with Gasteiger partial charge in [-0.15, -0.1) is 0 Å². The van der Waals surface area contributed by atoms with E-state index in [-0.39, 0.29) is 23.3 Å². The van der Waals surface area contributed by atoms with E-state index in [0.29, 0.717) is 66.5 Å². The number of hydrogen-bond donors (Lipinski definition) is 2. The number of alkyl halides is 3. The zero-order valence-corrected chi connectivity index (χ0v) is 21.7. The molecule has 0 bridgehead atoms. The maximum Gasteiger partial charge on any atom is 0.418 e. The molecule has 39 heavy (non-hydrogen) atoms. The highest BCUT2D eigenvalue weighted by Gasteiger charge is 2.36. The largest absolute Gasteiger partial charge is 0.497 e. The van der Waals surface area contributed by atoms with Gasteiger partial charge in [0.25, 0.3) is 5.56 Å². The molecule has 5 rings (SSSR count). The van der Waals surface area contributed by atoms with Crippen LogP contribution in [0.5, 0.6) is 11.5 Å². The van der Waals surface area contributed by atoms with E-state index in [9.17, 15) is 22.8 Å². The Kier molecular flexibility index (Phi) is 6.87. The fourth-order valence-corrected chi connectivity index (χ4v) is 5.17. The van der Waals surface area contributed by atoms with Gasteiger partial charge in [-0.25, -0.2) is 0 Å². The van der Waals surface area contributed by atoms with Crippen molar-refractivity contribution in [3.63, 3.8) is 0 Å². The molecule has 1 atom stereocenters. The van der Waals surface area contributed by atoms with Crippen LogP contribution in [0.3, 0.4) is 0 Å². The molecule has 2 aromatic carbocycles. The average molecular weight is 544 g/mol. The number of nitrogens with one attached hydrogen (secondary N) is 2. The van der Waals surface area contributed by atoms with Crippen LogP contribution in [0.25, 0.3) is 16.9 Å². The Balaban J connectivity index is 1.68. The summed E-state index contributed by atoms with van der Waals surface area (Å²) in [5, 5.41) is 10.4. The van der Waals surface area contributed by atoms with Crippen LogP contribution in [-0.4, -0.2) is 55.6 Å². The number of fused-ring (bicyclic) bond motifs is 1. The van der Waals surface area contributed by atoms with Gasteiger partial charge in [0.1, 0.15) is 17.2 Å². The van der Waals surface area contributed by atoms with Crippen molar-refractivity contribution in [2.24, 2.45) is 0 Å². The highest BCUT2D eigenvalue weighted by molar-refractivity contribution is 5.75. The predicted molar refractivity (Wildman–Crippen MR) is 140 cm³/mol. The minimum atomic E-state index is -4.73. The number of amides is 1. The van der Waals surface area contributed by atoms with Gasteiger partial charge in [-0.1, -0.05) is 0 Å². The molecule has 206 valence electrons. The van der Waals surface area contributed by atoms with Gasteiger partial charge in [0.2, 0.25) is 5.91 Å². The first-order chi connectivity index (χ1) is 18.6. The summed E-state index contributed by atoms with van der Waals surface area (Å²) in [6.07, 6.45) is -3.60. The lowest BCUT2D eigenvalue weighted by atomic mass is 10.0. The molecule has 12 heteroatoms. The van der Waals surface area contributed by atoms with Gasteiger partial charge in [0.15, 0.2) is 0 Å². The first-order valence-electron chi connectivity index (χ1n) is 12.5. The average Bonchev–Trinajstić information content (AvgIpc) is 3.58. The van der Waals surface area contributed by atoms with Crippen molar-refractivity contribution in [2.75, 3.05) is 44.1 Å². The molecule has 2 N–H and O–H groups in total. The van der Waals surface area contributed by atoms with Gasteiger partial charge in [0.05, 0.1) is 31.2 Å². The van der Waals surface area contributed by atoms with Crippen molar-refractivity contribution < 1.29 is 27.4 Å². The van der Waals surface area contributed by atoms with Crippen LogP contribution in [-0.2, 0) is 17.4 Å². The zero-order chi connectivity index (χ0) is 27.9. The van der Waals surface area contributed by atoms with Gasteiger partial charge >= 0.3 is 6.18 Å². The molecule has 1 aromatic heterocycles. The summed E-state index contributed by atoms with van der Waals surface area (Å²) in [6, 6.07) is 8.65. The third kappa shape index (κ3) is 5.10. The molecule has 2 aliphatic heterocycles. The third-order valence-corrected chi connectivity index (χ3v) is 6.97. The summed E-state index contributed by atoms with van der Waals surface area (Å²) < 4.78 is 54.2. The Bertz CT molecular complexity index is 1470. The molecule has 3 aromatic rings. The first-order valence-corrected chi connectivity index (χ1v) is 12.5. The van der Waals surface area contributed by atoms with Crippen LogP contribution in [0.1, 0.15) is 24.5 Å². The number of carbonyl (C=O) groups excluding carboxylic acids is 1. The number of halogens is 3. The number of benzene rings is 2. The van der Waals surface area contributed by atoms with E-state index in [1.807, 2.05) is 4.90 Å². The molecule has 2 aliphatic rings. The second-order valence-corrected chi connectivity index (χ2v) is 9.53. The molecule has 1 fully saturated rings. The molecule has 0 radical (unpaired) electrons. The van der Waals surface area contributed by atoms with E-state index in [1.165, 1.54) is 33.3 Å². The molecule has 0 spiro atoms. The lowest BCUT2D eigenvalue weighted by Crippen LogP contribution is -2.35. The molecule has 0 saturated carbocycles. The summed E-state index contributed by atoms with van der Waals surface area (Å²) in [5.41, 5.74) is 0.214. The van der Waals surface area contributed by atoms with Crippen LogP contribution in [0.15, 0.2) is 41.2 Å². The number of carbonyl (C=O) groups is 1. The SMILES string of the molecule is COc1cc(OC)cc(-c2nn(-c3cc(N4CC[C@@H](NC(C)=O)C4)ccc3C(F)(F)F)c(=O)c3c2CCN3)c1. The van der Waals surface area contributed by atoms with Crippen molar-refractivity contribution in [3.05, 3.63) is 57.9 Å². The van der Waals surface area contributed by atoms with Gasteiger partial charge in [0, 0.05) is 55.5 Å².